The summed E-state index contributed by atoms with van der Waals surface area (Å²) in [7, 11) is 3.66. The molecule has 0 spiro atoms. The highest BCUT2D eigenvalue weighted by Gasteiger charge is 2.43. The minimum Gasteiger partial charge on any atom is -0.497 e. The maximum absolute atomic E-state index is 13.6. The van der Waals surface area contributed by atoms with Gasteiger partial charge < -0.3 is 14.5 Å². The van der Waals surface area contributed by atoms with Gasteiger partial charge >= 0.3 is 0 Å². The van der Waals surface area contributed by atoms with Gasteiger partial charge in [-0.15, -0.1) is 0 Å². The molecule has 2 aliphatic rings. The fraction of sp³-hybridized carbons (Fsp3) is 0.333. The number of ether oxygens (including phenoxy) is 1. The van der Waals surface area contributed by atoms with Gasteiger partial charge in [0.2, 0.25) is 0 Å². The van der Waals surface area contributed by atoms with Crippen LogP contribution < -0.4 is 9.64 Å². The molecule has 1 saturated heterocycles. The Kier molecular flexibility index (Phi) is 5.35. The summed E-state index contributed by atoms with van der Waals surface area (Å²) < 4.78 is 5.22. The molecular weight excluding hydrogens is 378 g/mol. The number of hydrogen-bond acceptors (Lipinski definition) is 5. The topological polar surface area (TPSA) is 53.1 Å². The van der Waals surface area contributed by atoms with Crippen LogP contribution in [0.1, 0.15) is 16.7 Å². The summed E-state index contributed by atoms with van der Waals surface area (Å²) in [4.78, 5) is 32.8. The molecule has 2 aliphatic heterocycles. The van der Waals surface area contributed by atoms with E-state index in [1.54, 1.807) is 31.4 Å². The summed E-state index contributed by atoms with van der Waals surface area (Å²) in [5.74, 6) is 0.149. The summed E-state index contributed by atoms with van der Waals surface area (Å²) in [6.07, 6.45) is 0. The van der Waals surface area contributed by atoms with E-state index < -0.39 is 0 Å². The van der Waals surface area contributed by atoms with Gasteiger partial charge in [0.05, 0.1) is 18.4 Å². The van der Waals surface area contributed by atoms with Crippen molar-refractivity contribution in [3.05, 3.63) is 64.9 Å². The van der Waals surface area contributed by atoms with Gasteiger partial charge in [-0.25, -0.2) is 4.90 Å². The summed E-state index contributed by atoms with van der Waals surface area (Å²) in [6.45, 7) is 7.16. The van der Waals surface area contributed by atoms with Gasteiger partial charge in [-0.05, 0) is 56.3 Å². The fourth-order valence-corrected chi connectivity index (χ4v) is 4.14. The van der Waals surface area contributed by atoms with E-state index in [4.69, 9.17) is 4.74 Å². The molecule has 2 aromatic carbocycles. The van der Waals surface area contributed by atoms with Crippen molar-refractivity contribution in [2.45, 2.75) is 13.8 Å². The van der Waals surface area contributed by atoms with Gasteiger partial charge in [0.25, 0.3) is 11.8 Å². The van der Waals surface area contributed by atoms with Crippen molar-refractivity contribution in [1.29, 1.82) is 0 Å². The van der Waals surface area contributed by atoms with Crippen LogP contribution in [0.4, 0.5) is 5.69 Å². The largest absolute Gasteiger partial charge is 0.497 e. The van der Waals surface area contributed by atoms with Crippen LogP contribution >= 0.6 is 0 Å². The molecule has 6 nitrogen and oxygen atoms in total. The van der Waals surface area contributed by atoms with Gasteiger partial charge in [0.15, 0.2) is 0 Å². The molecule has 2 amide bonds. The first-order chi connectivity index (χ1) is 14.4. The minimum atomic E-state index is -0.272. The molecular formula is C24H27N3O3. The lowest BCUT2D eigenvalue weighted by molar-refractivity contribution is -0.120. The molecule has 0 saturated carbocycles. The molecule has 4 rings (SSSR count). The Morgan fingerprint density at radius 1 is 0.867 bits per heavy atom. The van der Waals surface area contributed by atoms with E-state index in [0.29, 0.717) is 22.7 Å². The molecule has 2 heterocycles. The number of amides is 2. The molecule has 0 radical (unpaired) electrons. The number of anilines is 1. The quantitative estimate of drug-likeness (QED) is 0.733. The van der Waals surface area contributed by atoms with Crippen molar-refractivity contribution in [2.24, 2.45) is 0 Å². The second-order valence-electron chi connectivity index (χ2n) is 7.98. The van der Waals surface area contributed by atoms with E-state index >= 15 is 0 Å². The van der Waals surface area contributed by atoms with Crippen LogP contribution in [0.5, 0.6) is 5.75 Å². The first kappa shape index (κ1) is 20.2. The Morgan fingerprint density at radius 3 is 2.13 bits per heavy atom. The second kappa shape index (κ2) is 7.95. The first-order valence-electron chi connectivity index (χ1n) is 10.2. The van der Waals surface area contributed by atoms with Crippen molar-refractivity contribution in [2.75, 3.05) is 45.2 Å². The number of likely N-dealkylation sites (N-methyl/N-ethyl adjacent to an activating group) is 1. The third kappa shape index (κ3) is 3.48. The number of nitrogens with zero attached hydrogens (tertiary/aromatic N) is 3. The van der Waals surface area contributed by atoms with Crippen LogP contribution in [0.25, 0.3) is 5.57 Å². The number of piperazine rings is 1. The molecule has 30 heavy (non-hydrogen) atoms. The van der Waals surface area contributed by atoms with Gasteiger partial charge in [-0.1, -0.05) is 23.8 Å². The molecule has 0 unspecified atom stereocenters. The standard InChI is InChI=1S/C24H27N3O3/c1-16-5-10-20(17(2)15-16)21-22(26-13-11-25(3)12-14-26)24(29)27(23(21)28)18-6-8-19(30-4)9-7-18/h5-10,15H,11-14H2,1-4H3. The van der Waals surface area contributed by atoms with Crippen molar-refractivity contribution in [3.8, 4) is 5.75 Å². The average Bonchev–Trinajstić information content (AvgIpc) is 2.99. The lowest BCUT2D eigenvalue weighted by Crippen LogP contribution is -2.46. The zero-order valence-electron chi connectivity index (χ0n) is 17.9. The van der Waals surface area contributed by atoms with Crippen LogP contribution in [0, 0.1) is 13.8 Å². The Labute approximate surface area is 177 Å². The number of methoxy groups -OCH3 is 1. The lowest BCUT2D eigenvalue weighted by Gasteiger charge is -2.34. The molecule has 6 heteroatoms. The Hall–Kier alpha value is -3.12. The Balaban J connectivity index is 1.81. The summed E-state index contributed by atoms with van der Waals surface area (Å²) in [6, 6.07) is 13.0. The molecule has 0 N–H and O–H groups in total. The molecule has 156 valence electrons. The van der Waals surface area contributed by atoms with Crippen molar-refractivity contribution in [1.82, 2.24) is 9.80 Å². The molecule has 0 aromatic heterocycles. The number of hydrogen-bond donors (Lipinski definition) is 0. The number of imide groups is 1. The van der Waals surface area contributed by atoms with Crippen LogP contribution in [0.15, 0.2) is 48.2 Å². The van der Waals surface area contributed by atoms with Crippen molar-refractivity contribution >= 4 is 23.1 Å². The molecule has 1 fully saturated rings. The number of carbonyl (C=O) groups excluding carboxylic acids is 2. The van der Waals surface area contributed by atoms with E-state index in [1.165, 1.54) is 4.90 Å². The maximum Gasteiger partial charge on any atom is 0.282 e. The Bertz CT molecular complexity index is 1020. The average molecular weight is 405 g/mol. The number of benzene rings is 2. The highest BCUT2D eigenvalue weighted by atomic mass is 16.5. The maximum atomic E-state index is 13.6. The molecule has 0 atom stereocenters. The third-order valence-corrected chi connectivity index (χ3v) is 5.86. The molecule has 0 bridgehead atoms. The smallest absolute Gasteiger partial charge is 0.282 e. The summed E-state index contributed by atoms with van der Waals surface area (Å²) in [5, 5.41) is 0. The highest BCUT2D eigenvalue weighted by Crippen LogP contribution is 2.36. The van der Waals surface area contributed by atoms with Gasteiger partial charge in [-0.3, -0.25) is 9.59 Å². The van der Waals surface area contributed by atoms with Crippen LogP contribution in [-0.2, 0) is 9.59 Å². The first-order valence-corrected chi connectivity index (χ1v) is 10.2. The van der Waals surface area contributed by atoms with Crippen molar-refractivity contribution in [3.63, 3.8) is 0 Å². The lowest BCUT2D eigenvalue weighted by atomic mass is 9.97. The van der Waals surface area contributed by atoms with Gasteiger partial charge in [-0.2, -0.15) is 0 Å². The molecule has 2 aromatic rings. The number of rotatable bonds is 4. The van der Waals surface area contributed by atoms with Gasteiger partial charge in [0.1, 0.15) is 11.4 Å². The highest BCUT2D eigenvalue weighted by molar-refractivity contribution is 6.45. The van der Waals surface area contributed by atoms with Gasteiger partial charge in [0, 0.05) is 26.2 Å². The fourth-order valence-electron chi connectivity index (χ4n) is 4.14. The van der Waals surface area contributed by atoms with E-state index in [2.05, 4.69) is 22.9 Å². The van der Waals surface area contributed by atoms with E-state index in [0.717, 1.165) is 42.9 Å². The van der Waals surface area contributed by atoms with E-state index in [1.807, 2.05) is 26.0 Å². The third-order valence-electron chi connectivity index (χ3n) is 5.86. The normalized spacial score (nSPS) is 17.9. The Morgan fingerprint density at radius 2 is 1.53 bits per heavy atom. The van der Waals surface area contributed by atoms with Crippen molar-refractivity contribution < 1.29 is 14.3 Å². The van der Waals surface area contributed by atoms with E-state index in [9.17, 15) is 9.59 Å². The van der Waals surface area contributed by atoms with Crippen LogP contribution in [-0.4, -0.2) is 62.0 Å². The van der Waals surface area contributed by atoms with Crippen LogP contribution in [0.2, 0.25) is 0 Å². The second-order valence-corrected chi connectivity index (χ2v) is 7.98. The predicted octanol–water partition coefficient (Wildman–Crippen LogP) is 2.84. The van der Waals surface area contributed by atoms with Crippen LogP contribution in [0.3, 0.4) is 0 Å². The number of carbonyl (C=O) groups is 2. The number of aryl methyl sites for hydroxylation is 2. The zero-order valence-corrected chi connectivity index (χ0v) is 17.9. The monoisotopic (exact) mass is 405 g/mol. The SMILES string of the molecule is COc1ccc(N2C(=O)C(c3ccc(C)cc3C)=C(N3CCN(C)CC3)C2=O)cc1. The minimum absolute atomic E-state index is 0.260. The van der Waals surface area contributed by atoms with E-state index in [-0.39, 0.29) is 11.8 Å². The zero-order chi connectivity index (χ0) is 21.4. The predicted molar refractivity (Wildman–Crippen MR) is 117 cm³/mol. The summed E-state index contributed by atoms with van der Waals surface area (Å²) >= 11 is 0. The summed E-state index contributed by atoms with van der Waals surface area (Å²) in [5.41, 5.74) is 4.51. The molecule has 0 aliphatic carbocycles.